The maximum atomic E-state index is 11.7. The van der Waals surface area contributed by atoms with Crippen LogP contribution in [0.15, 0.2) is 60.8 Å². The number of hydrogen-bond donors (Lipinski definition) is 2. The van der Waals surface area contributed by atoms with Crippen LogP contribution in [0.25, 0.3) is 10.9 Å². The van der Waals surface area contributed by atoms with E-state index >= 15 is 0 Å². The van der Waals surface area contributed by atoms with E-state index in [-0.39, 0.29) is 11.8 Å². The number of aromatic nitrogens is 1. The smallest absolute Gasteiger partial charge is 0.224 e. The van der Waals surface area contributed by atoms with Crippen molar-refractivity contribution in [2.24, 2.45) is 5.73 Å². The minimum atomic E-state index is -0.255. The lowest BCUT2D eigenvalue weighted by atomic mass is 9.93. The van der Waals surface area contributed by atoms with Crippen molar-refractivity contribution in [3.8, 4) is 0 Å². The fourth-order valence-corrected chi connectivity index (χ4v) is 3.04. The van der Waals surface area contributed by atoms with Crippen LogP contribution in [0.5, 0.6) is 0 Å². The van der Waals surface area contributed by atoms with E-state index < -0.39 is 0 Å². The van der Waals surface area contributed by atoms with Gasteiger partial charge in [-0.2, -0.15) is 0 Å². The minimum Gasteiger partial charge on any atom is -0.369 e. The number of fused-ring (bicyclic) bond motifs is 1. The number of amides is 1. The van der Waals surface area contributed by atoms with Gasteiger partial charge in [0.15, 0.2) is 0 Å². The van der Waals surface area contributed by atoms with E-state index in [9.17, 15) is 4.79 Å². The monoisotopic (exact) mass is 333 g/mol. The third-order valence-electron chi connectivity index (χ3n) is 4.43. The maximum absolute atomic E-state index is 11.7. The summed E-state index contributed by atoms with van der Waals surface area (Å²) in [5, 5.41) is 4.51. The molecular weight excluding hydrogens is 310 g/mol. The number of nitrogens with two attached hydrogens (primary N) is 1. The molecule has 0 saturated heterocycles. The van der Waals surface area contributed by atoms with Crippen LogP contribution in [0.2, 0.25) is 0 Å². The van der Waals surface area contributed by atoms with E-state index in [0.29, 0.717) is 0 Å². The normalized spacial score (nSPS) is 12.0. The Balaban J connectivity index is 1.81. The minimum absolute atomic E-state index is 0.212. The molecule has 2 aromatic carbocycles. The molecule has 3 N–H and O–H groups in total. The van der Waals surface area contributed by atoms with Gasteiger partial charge in [0.05, 0.1) is 11.4 Å². The largest absolute Gasteiger partial charge is 0.369 e. The lowest BCUT2D eigenvalue weighted by molar-refractivity contribution is -0.119. The third-order valence-corrected chi connectivity index (χ3v) is 4.43. The zero-order valence-electron chi connectivity index (χ0n) is 14.4. The van der Waals surface area contributed by atoms with Gasteiger partial charge < -0.3 is 11.1 Å². The molecule has 1 aromatic heterocycles. The molecule has 1 atom stereocenters. The van der Waals surface area contributed by atoms with E-state index in [0.717, 1.165) is 47.1 Å². The van der Waals surface area contributed by atoms with Crippen LogP contribution >= 0.6 is 0 Å². The van der Waals surface area contributed by atoms with E-state index in [1.54, 1.807) is 6.20 Å². The van der Waals surface area contributed by atoms with Crippen molar-refractivity contribution in [3.05, 3.63) is 66.4 Å². The zero-order chi connectivity index (χ0) is 17.6. The molecule has 0 spiro atoms. The molecule has 1 amide bonds. The average Bonchev–Trinajstić information content (AvgIpc) is 2.63. The number of carbonyl (C=O) groups excluding carboxylic acids is 1. The van der Waals surface area contributed by atoms with Crippen molar-refractivity contribution in [3.63, 3.8) is 0 Å². The molecule has 1 unspecified atom stereocenters. The molecule has 25 heavy (non-hydrogen) atoms. The van der Waals surface area contributed by atoms with Crippen LogP contribution < -0.4 is 11.1 Å². The Kier molecular flexibility index (Phi) is 5.29. The Hall–Kier alpha value is -2.88. The number of rotatable bonds is 7. The summed E-state index contributed by atoms with van der Waals surface area (Å²) in [7, 11) is 0. The molecule has 4 heteroatoms. The highest BCUT2D eigenvalue weighted by Gasteiger charge is 2.17. The first-order valence-electron chi connectivity index (χ1n) is 8.69. The summed E-state index contributed by atoms with van der Waals surface area (Å²) in [4.78, 5) is 16.1. The Labute approximate surface area is 148 Å². The molecule has 0 aliphatic carbocycles. The van der Waals surface area contributed by atoms with Crippen LogP contribution in [0.1, 0.15) is 37.7 Å². The highest BCUT2D eigenvalue weighted by Crippen LogP contribution is 2.27. The van der Waals surface area contributed by atoms with Gasteiger partial charge in [0.2, 0.25) is 5.91 Å². The fraction of sp³-hybridized carbons (Fsp3) is 0.238. The Morgan fingerprint density at radius 1 is 1.12 bits per heavy atom. The van der Waals surface area contributed by atoms with Gasteiger partial charge in [0.25, 0.3) is 0 Å². The summed E-state index contributed by atoms with van der Waals surface area (Å²) in [6.45, 7) is 2.12. The second-order valence-electron chi connectivity index (χ2n) is 6.22. The SMILES string of the molecule is CCCCC(C(N)=O)c1ccc(Nc2ccnc3ccccc23)cc1. The van der Waals surface area contributed by atoms with Crippen molar-refractivity contribution in [1.29, 1.82) is 0 Å². The predicted molar refractivity (Wildman–Crippen MR) is 103 cm³/mol. The number of pyridine rings is 1. The number of carbonyl (C=O) groups is 1. The lowest BCUT2D eigenvalue weighted by Crippen LogP contribution is -2.21. The second-order valence-corrected chi connectivity index (χ2v) is 6.22. The molecule has 3 rings (SSSR count). The van der Waals surface area contributed by atoms with Crippen LogP contribution in [-0.2, 0) is 4.79 Å². The van der Waals surface area contributed by atoms with Crippen LogP contribution in [-0.4, -0.2) is 10.9 Å². The molecule has 1 heterocycles. The molecule has 4 nitrogen and oxygen atoms in total. The molecule has 128 valence electrons. The molecule has 0 aliphatic heterocycles. The fourth-order valence-electron chi connectivity index (χ4n) is 3.04. The van der Waals surface area contributed by atoms with Crippen molar-refractivity contribution >= 4 is 28.2 Å². The van der Waals surface area contributed by atoms with E-state index in [1.807, 2.05) is 54.6 Å². The number of nitrogens with one attached hydrogen (secondary N) is 1. The third kappa shape index (κ3) is 3.97. The summed E-state index contributed by atoms with van der Waals surface area (Å²) < 4.78 is 0. The number of anilines is 2. The van der Waals surface area contributed by atoms with Gasteiger partial charge in [-0.25, -0.2) is 0 Å². The van der Waals surface area contributed by atoms with Crippen molar-refractivity contribution in [2.45, 2.75) is 32.1 Å². The topological polar surface area (TPSA) is 68.0 Å². The number of nitrogens with zero attached hydrogens (tertiary/aromatic N) is 1. The first-order valence-corrected chi connectivity index (χ1v) is 8.69. The number of para-hydroxylation sites is 1. The Bertz CT molecular complexity index is 853. The first kappa shape index (κ1) is 17.0. The molecule has 0 fully saturated rings. The Morgan fingerprint density at radius 2 is 1.88 bits per heavy atom. The van der Waals surface area contributed by atoms with Gasteiger partial charge in [-0.1, -0.05) is 50.1 Å². The standard InChI is InChI=1S/C21H23N3O/c1-2-3-6-17(21(22)25)15-9-11-16(12-10-15)24-20-13-14-23-19-8-5-4-7-18(19)20/h4-5,7-14,17H,2-3,6H2,1H3,(H2,22,25)(H,23,24). The summed E-state index contributed by atoms with van der Waals surface area (Å²) >= 11 is 0. The second kappa shape index (κ2) is 7.79. The molecule has 3 aromatic rings. The van der Waals surface area contributed by atoms with Crippen molar-refractivity contribution in [2.75, 3.05) is 5.32 Å². The summed E-state index contributed by atoms with van der Waals surface area (Å²) in [6, 6.07) is 17.9. The van der Waals surface area contributed by atoms with Gasteiger partial charge in [-0.15, -0.1) is 0 Å². The zero-order valence-corrected chi connectivity index (χ0v) is 14.4. The summed E-state index contributed by atoms with van der Waals surface area (Å²) in [6.07, 6.45) is 4.65. The van der Waals surface area contributed by atoms with E-state index in [2.05, 4.69) is 17.2 Å². The molecule has 0 aliphatic rings. The number of benzene rings is 2. The van der Waals surface area contributed by atoms with E-state index in [4.69, 9.17) is 5.73 Å². The number of hydrogen-bond acceptors (Lipinski definition) is 3. The average molecular weight is 333 g/mol. The Morgan fingerprint density at radius 3 is 2.60 bits per heavy atom. The molecule has 0 bridgehead atoms. The van der Waals surface area contributed by atoms with Crippen LogP contribution in [0.4, 0.5) is 11.4 Å². The van der Waals surface area contributed by atoms with Crippen molar-refractivity contribution < 1.29 is 4.79 Å². The van der Waals surface area contributed by atoms with Crippen LogP contribution in [0, 0.1) is 0 Å². The molecule has 0 radical (unpaired) electrons. The maximum Gasteiger partial charge on any atom is 0.224 e. The highest BCUT2D eigenvalue weighted by atomic mass is 16.1. The van der Waals surface area contributed by atoms with Crippen molar-refractivity contribution in [1.82, 2.24) is 4.98 Å². The van der Waals surface area contributed by atoms with Gasteiger partial charge >= 0.3 is 0 Å². The van der Waals surface area contributed by atoms with Gasteiger partial charge in [-0.05, 0) is 36.2 Å². The predicted octanol–water partition coefficient (Wildman–Crippen LogP) is 4.74. The van der Waals surface area contributed by atoms with Crippen LogP contribution in [0.3, 0.4) is 0 Å². The molecular formula is C21H23N3O. The first-order chi connectivity index (χ1) is 12.2. The lowest BCUT2D eigenvalue weighted by Gasteiger charge is -2.15. The van der Waals surface area contributed by atoms with E-state index in [1.165, 1.54) is 0 Å². The highest BCUT2D eigenvalue weighted by molar-refractivity contribution is 5.92. The number of primary amides is 1. The summed E-state index contributed by atoms with van der Waals surface area (Å²) in [5.41, 5.74) is 9.49. The number of unbranched alkanes of at least 4 members (excludes halogenated alkanes) is 1. The van der Waals surface area contributed by atoms with Gasteiger partial charge in [-0.3, -0.25) is 9.78 Å². The van der Waals surface area contributed by atoms with Gasteiger partial charge in [0.1, 0.15) is 0 Å². The van der Waals surface area contributed by atoms with Gasteiger partial charge in [0, 0.05) is 23.0 Å². The molecule has 0 saturated carbocycles. The summed E-state index contributed by atoms with van der Waals surface area (Å²) in [5.74, 6) is -0.468. The quantitative estimate of drug-likeness (QED) is 0.656.